The van der Waals surface area contributed by atoms with Gasteiger partial charge in [0, 0.05) is 28.8 Å². The highest BCUT2D eigenvalue weighted by atomic mass is 79.9. The highest BCUT2D eigenvalue weighted by Crippen LogP contribution is 2.29. The van der Waals surface area contributed by atoms with Crippen LogP contribution in [0.4, 0.5) is 5.69 Å². The molecule has 1 atom stereocenters. The molecule has 0 saturated carbocycles. The van der Waals surface area contributed by atoms with Crippen LogP contribution in [-0.2, 0) is 14.8 Å². The predicted molar refractivity (Wildman–Crippen MR) is 118 cm³/mol. The van der Waals surface area contributed by atoms with E-state index in [2.05, 4.69) is 20.7 Å². The lowest BCUT2D eigenvalue weighted by Gasteiger charge is -2.41. The molecule has 2 aromatic carbocycles. The Kier molecular flexibility index (Phi) is 6.45. The van der Waals surface area contributed by atoms with Crippen molar-refractivity contribution in [1.29, 1.82) is 0 Å². The van der Waals surface area contributed by atoms with Crippen molar-refractivity contribution >= 4 is 37.5 Å². The Bertz CT molecular complexity index is 1040. The zero-order valence-corrected chi connectivity index (χ0v) is 19.7. The van der Waals surface area contributed by atoms with Crippen molar-refractivity contribution in [2.24, 2.45) is 0 Å². The number of carbonyl (C=O) groups excluding carboxylic acids is 1. The van der Waals surface area contributed by atoms with Crippen LogP contribution in [0.1, 0.15) is 31.1 Å². The zero-order chi connectivity index (χ0) is 22.1. The van der Waals surface area contributed by atoms with Crippen LogP contribution in [0.5, 0.6) is 5.75 Å². The summed E-state index contributed by atoms with van der Waals surface area (Å²) in [5.74, 6) is -0.0900. The van der Waals surface area contributed by atoms with Crippen molar-refractivity contribution in [3.05, 3.63) is 52.5 Å². The fourth-order valence-corrected chi connectivity index (χ4v) is 5.06. The Hall–Kier alpha value is -2.10. The van der Waals surface area contributed by atoms with Gasteiger partial charge in [-0.2, -0.15) is 0 Å². The summed E-state index contributed by atoms with van der Waals surface area (Å²) in [6, 6.07) is 11.2. The Labute approximate surface area is 185 Å². The summed E-state index contributed by atoms with van der Waals surface area (Å²) >= 11 is 3.32. The standard InChI is InChI=1S/C21H25BrN2O5S/c1-14-12-24(13-21(2,3)29-14)20(25)15-5-10-18(28-4)19(11-15)30(26,27)23-17-8-6-16(22)7-9-17/h5-11,14,23H,12-13H2,1-4H3. The molecule has 0 bridgehead atoms. The molecule has 0 aromatic heterocycles. The van der Waals surface area contributed by atoms with E-state index >= 15 is 0 Å². The van der Waals surface area contributed by atoms with Gasteiger partial charge in [0.1, 0.15) is 10.6 Å². The predicted octanol–water partition coefficient (Wildman–Crippen LogP) is 3.90. The molecule has 1 aliphatic heterocycles. The minimum atomic E-state index is -3.98. The number of carbonyl (C=O) groups is 1. The number of nitrogens with zero attached hydrogens (tertiary/aromatic N) is 1. The zero-order valence-electron chi connectivity index (χ0n) is 17.3. The van der Waals surface area contributed by atoms with Gasteiger partial charge in [-0.3, -0.25) is 9.52 Å². The van der Waals surface area contributed by atoms with Gasteiger partial charge in [-0.25, -0.2) is 8.42 Å². The molecular formula is C21H25BrN2O5S. The molecule has 0 radical (unpaired) electrons. The normalized spacial score (nSPS) is 18.7. The van der Waals surface area contributed by atoms with Crippen LogP contribution in [0.2, 0.25) is 0 Å². The Balaban J connectivity index is 1.93. The smallest absolute Gasteiger partial charge is 0.265 e. The summed E-state index contributed by atoms with van der Waals surface area (Å²) in [7, 11) is -2.58. The van der Waals surface area contributed by atoms with E-state index in [9.17, 15) is 13.2 Å². The molecule has 2 aromatic rings. The second kappa shape index (κ2) is 8.56. The van der Waals surface area contributed by atoms with Crippen LogP contribution < -0.4 is 9.46 Å². The van der Waals surface area contributed by atoms with Crippen molar-refractivity contribution in [2.75, 3.05) is 24.9 Å². The summed E-state index contributed by atoms with van der Waals surface area (Å²) in [6.45, 7) is 6.62. The van der Waals surface area contributed by atoms with E-state index < -0.39 is 15.6 Å². The van der Waals surface area contributed by atoms with Gasteiger partial charge in [0.2, 0.25) is 0 Å². The maximum Gasteiger partial charge on any atom is 0.265 e. The molecule has 1 aliphatic rings. The molecule has 1 amide bonds. The molecule has 1 unspecified atom stereocenters. The maximum atomic E-state index is 13.1. The van der Waals surface area contributed by atoms with E-state index in [1.807, 2.05) is 20.8 Å². The average Bonchev–Trinajstić information content (AvgIpc) is 2.67. The van der Waals surface area contributed by atoms with E-state index in [0.29, 0.717) is 18.8 Å². The lowest BCUT2D eigenvalue weighted by Crippen LogP contribution is -2.53. The lowest BCUT2D eigenvalue weighted by molar-refractivity contribution is -0.118. The van der Waals surface area contributed by atoms with E-state index in [-0.39, 0.29) is 28.2 Å². The molecule has 0 spiro atoms. The monoisotopic (exact) mass is 496 g/mol. The molecule has 30 heavy (non-hydrogen) atoms. The summed E-state index contributed by atoms with van der Waals surface area (Å²) in [5.41, 5.74) is 0.204. The summed E-state index contributed by atoms with van der Waals surface area (Å²) in [6.07, 6.45) is -0.113. The van der Waals surface area contributed by atoms with Crippen molar-refractivity contribution in [3.8, 4) is 5.75 Å². The van der Waals surface area contributed by atoms with Crippen molar-refractivity contribution in [2.45, 2.75) is 37.4 Å². The number of methoxy groups -OCH3 is 1. The molecule has 1 heterocycles. The number of benzene rings is 2. The van der Waals surface area contributed by atoms with Gasteiger partial charge in [-0.15, -0.1) is 0 Å². The van der Waals surface area contributed by atoms with Crippen LogP contribution in [0.25, 0.3) is 0 Å². The number of morpholine rings is 1. The van der Waals surface area contributed by atoms with Crippen molar-refractivity contribution in [3.63, 3.8) is 0 Å². The number of nitrogens with one attached hydrogen (secondary N) is 1. The fraction of sp³-hybridized carbons (Fsp3) is 0.381. The van der Waals surface area contributed by atoms with Crippen molar-refractivity contribution in [1.82, 2.24) is 4.90 Å². The number of rotatable bonds is 5. The third kappa shape index (κ3) is 5.14. The van der Waals surface area contributed by atoms with E-state index in [1.165, 1.54) is 19.2 Å². The first kappa shape index (κ1) is 22.6. The van der Waals surface area contributed by atoms with E-state index in [1.54, 1.807) is 35.2 Å². The van der Waals surface area contributed by atoms with Gasteiger partial charge in [-0.05, 0) is 63.2 Å². The number of hydrogen-bond acceptors (Lipinski definition) is 5. The minimum absolute atomic E-state index is 0.0978. The Morgan fingerprint density at radius 3 is 2.50 bits per heavy atom. The van der Waals surface area contributed by atoms with Gasteiger partial charge >= 0.3 is 0 Å². The third-order valence-electron chi connectivity index (χ3n) is 4.65. The van der Waals surface area contributed by atoms with Gasteiger partial charge in [0.25, 0.3) is 15.9 Å². The summed E-state index contributed by atoms with van der Waals surface area (Å²) < 4.78 is 40.5. The van der Waals surface area contributed by atoms with Crippen molar-refractivity contribution < 1.29 is 22.7 Å². The lowest BCUT2D eigenvalue weighted by atomic mass is 10.0. The van der Waals surface area contributed by atoms with Gasteiger partial charge < -0.3 is 14.4 Å². The molecule has 1 saturated heterocycles. The largest absolute Gasteiger partial charge is 0.495 e. The topological polar surface area (TPSA) is 84.9 Å². The molecule has 1 N–H and O–H groups in total. The minimum Gasteiger partial charge on any atom is -0.495 e. The van der Waals surface area contributed by atoms with Crippen LogP contribution in [-0.4, -0.2) is 51.1 Å². The molecule has 7 nitrogen and oxygen atoms in total. The van der Waals surface area contributed by atoms with Gasteiger partial charge in [-0.1, -0.05) is 15.9 Å². The summed E-state index contributed by atoms with van der Waals surface area (Å²) in [4.78, 5) is 14.7. The molecule has 162 valence electrons. The molecule has 1 fully saturated rings. The first-order valence-electron chi connectivity index (χ1n) is 9.44. The average molecular weight is 497 g/mol. The molecule has 3 rings (SSSR count). The van der Waals surface area contributed by atoms with E-state index in [4.69, 9.17) is 9.47 Å². The first-order chi connectivity index (χ1) is 14.0. The number of sulfonamides is 1. The SMILES string of the molecule is COc1ccc(C(=O)N2CC(C)OC(C)(C)C2)cc1S(=O)(=O)Nc1ccc(Br)cc1. The second-order valence-electron chi connectivity index (χ2n) is 7.85. The van der Waals surface area contributed by atoms with Crippen LogP contribution in [0.15, 0.2) is 51.8 Å². The van der Waals surface area contributed by atoms with Gasteiger partial charge in [0.15, 0.2) is 0 Å². The van der Waals surface area contributed by atoms with Crippen LogP contribution >= 0.6 is 15.9 Å². The highest BCUT2D eigenvalue weighted by Gasteiger charge is 2.34. The third-order valence-corrected chi connectivity index (χ3v) is 6.58. The molecule has 0 aliphatic carbocycles. The quantitative estimate of drug-likeness (QED) is 0.678. The highest BCUT2D eigenvalue weighted by molar-refractivity contribution is 9.10. The number of anilines is 1. The molecule has 9 heteroatoms. The number of hydrogen-bond donors (Lipinski definition) is 1. The van der Waals surface area contributed by atoms with Crippen LogP contribution in [0, 0.1) is 0 Å². The second-order valence-corrected chi connectivity index (χ2v) is 10.4. The maximum absolute atomic E-state index is 13.1. The number of amides is 1. The fourth-order valence-electron chi connectivity index (χ4n) is 3.54. The van der Waals surface area contributed by atoms with Crippen LogP contribution in [0.3, 0.4) is 0 Å². The Morgan fingerprint density at radius 2 is 1.90 bits per heavy atom. The number of halogens is 1. The first-order valence-corrected chi connectivity index (χ1v) is 11.7. The summed E-state index contributed by atoms with van der Waals surface area (Å²) in [5, 5.41) is 0. The number of ether oxygens (including phenoxy) is 2. The van der Waals surface area contributed by atoms with E-state index in [0.717, 1.165) is 4.47 Å². The Morgan fingerprint density at radius 1 is 1.23 bits per heavy atom. The molecular weight excluding hydrogens is 472 g/mol. The van der Waals surface area contributed by atoms with Gasteiger partial charge in [0.05, 0.1) is 18.8 Å².